The van der Waals surface area contributed by atoms with E-state index in [2.05, 4.69) is 60.3 Å². The fourth-order valence-corrected chi connectivity index (χ4v) is 4.65. The van der Waals surface area contributed by atoms with Gasteiger partial charge in [0.25, 0.3) is 0 Å². The molecule has 0 bridgehead atoms. The number of nitrogens with one attached hydrogen (secondary N) is 1. The second-order valence-electron chi connectivity index (χ2n) is 7.66. The maximum absolute atomic E-state index is 12.2. The molecule has 0 saturated heterocycles. The standard InChI is InChI=1S/C21H29N5O2S2/c1-13(2)16-6-8-17(9-7-16)28-15(5)19-24-25-21(26(19)14(3)4)30-12-18(27)23-20-22-10-11-29-20/h6-9,13-15H,10-12H2,1-5H3,(H,22,23,27). The van der Waals surface area contributed by atoms with Gasteiger partial charge in [-0.15, -0.1) is 10.2 Å². The maximum Gasteiger partial charge on any atom is 0.236 e. The Morgan fingerprint density at radius 1 is 1.20 bits per heavy atom. The first-order valence-corrected chi connectivity index (χ1v) is 12.1. The average molecular weight is 448 g/mol. The van der Waals surface area contributed by atoms with E-state index in [0.29, 0.717) is 16.2 Å². The number of amides is 1. The third kappa shape index (κ3) is 5.78. The molecule has 0 aliphatic carbocycles. The van der Waals surface area contributed by atoms with Crippen LogP contribution in [0.2, 0.25) is 0 Å². The van der Waals surface area contributed by atoms with Gasteiger partial charge in [0.1, 0.15) is 5.75 Å². The van der Waals surface area contributed by atoms with E-state index in [9.17, 15) is 4.79 Å². The molecule has 9 heteroatoms. The van der Waals surface area contributed by atoms with Crippen molar-refractivity contribution in [3.8, 4) is 5.75 Å². The second-order valence-corrected chi connectivity index (χ2v) is 9.69. The monoisotopic (exact) mass is 447 g/mol. The fraction of sp³-hybridized carbons (Fsp3) is 0.524. The quantitative estimate of drug-likeness (QED) is 0.603. The van der Waals surface area contributed by atoms with Crippen LogP contribution in [-0.4, -0.2) is 43.9 Å². The number of hydrogen-bond acceptors (Lipinski definition) is 7. The summed E-state index contributed by atoms with van der Waals surface area (Å²) in [6.07, 6.45) is -0.266. The molecule has 1 aliphatic rings. The Kier molecular flexibility index (Phi) is 7.82. The lowest BCUT2D eigenvalue weighted by Crippen LogP contribution is -2.29. The molecule has 7 nitrogen and oxygen atoms in total. The highest BCUT2D eigenvalue weighted by atomic mass is 32.2. The maximum atomic E-state index is 12.2. The number of carbonyl (C=O) groups excluding carboxylic acids is 1. The van der Waals surface area contributed by atoms with Crippen LogP contribution in [0.3, 0.4) is 0 Å². The Morgan fingerprint density at radius 3 is 2.53 bits per heavy atom. The summed E-state index contributed by atoms with van der Waals surface area (Å²) in [5.74, 6) is 3.13. The Labute approximate surface area is 186 Å². The molecule has 162 valence electrons. The molecule has 0 saturated carbocycles. The molecule has 1 aliphatic heterocycles. The number of carbonyl (C=O) groups is 1. The van der Waals surface area contributed by atoms with Crippen LogP contribution in [0.1, 0.15) is 64.1 Å². The lowest BCUT2D eigenvalue weighted by molar-refractivity contribution is -0.117. The number of amidine groups is 1. The van der Waals surface area contributed by atoms with Crippen LogP contribution in [0.4, 0.5) is 0 Å². The number of nitrogens with zero attached hydrogens (tertiary/aromatic N) is 4. The van der Waals surface area contributed by atoms with Gasteiger partial charge in [0, 0.05) is 11.8 Å². The third-order valence-electron chi connectivity index (χ3n) is 4.59. The smallest absolute Gasteiger partial charge is 0.236 e. The van der Waals surface area contributed by atoms with Crippen molar-refractivity contribution in [2.24, 2.45) is 4.99 Å². The molecule has 1 unspecified atom stereocenters. The number of hydrogen-bond donors (Lipinski definition) is 1. The van der Waals surface area contributed by atoms with Gasteiger partial charge in [-0.25, -0.2) is 0 Å². The van der Waals surface area contributed by atoms with Gasteiger partial charge in [-0.3, -0.25) is 9.79 Å². The van der Waals surface area contributed by atoms with Crippen molar-refractivity contribution < 1.29 is 9.53 Å². The highest BCUT2D eigenvalue weighted by Crippen LogP contribution is 2.28. The summed E-state index contributed by atoms with van der Waals surface area (Å²) in [5.41, 5.74) is 1.28. The molecule has 1 atom stereocenters. The molecule has 30 heavy (non-hydrogen) atoms. The van der Waals surface area contributed by atoms with Crippen LogP contribution in [0.15, 0.2) is 34.4 Å². The summed E-state index contributed by atoms with van der Waals surface area (Å²) in [5, 5.41) is 12.9. The number of ether oxygens (including phenoxy) is 1. The first-order valence-electron chi connectivity index (χ1n) is 10.2. The number of aromatic nitrogens is 3. The predicted octanol–water partition coefficient (Wildman–Crippen LogP) is 4.43. The zero-order valence-electron chi connectivity index (χ0n) is 18.1. The summed E-state index contributed by atoms with van der Waals surface area (Å²) in [4.78, 5) is 16.4. The van der Waals surface area contributed by atoms with Gasteiger partial charge in [-0.2, -0.15) is 0 Å². The minimum atomic E-state index is -0.266. The van der Waals surface area contributed by atoms with E-state index in [0.717, 1.165) is 23.9 Å². The number of thioether (sulfide) groups is 2. The van der Waals surface area contributed by atoms with Crippen LogP contribution in [0.5, 0.6) is 5.75 Å². The average Bonchev–Trinajstić information content (AvgIpc) is 3.36. The molecule has 1 aromatic heterocycles. The van der Waals surface area contributed by atoms with E-state index >= 15 is 0 Å². The van der Waals surface area contributed by atoms with Crippen molar-refractivity contribution in [1.29, 1.82) is 0 Å². The van der Waals surface area contributed by atoms with E-state index in [1.807, 2.05) is 23.6 Å². The third-order valence-corrected chi connectivity index (χ3v) is 6.43. The highest BCUT2D eigenvalue weighted by Gasteiger charge is 2.22. The molecule has 0 fully saturated rings. The topological polar surface area (TPSA) is 81.4 Å². The van der Waals surface area contributed by atoms with E-state index in [1.165, 1.54) is 17.3 Å². The molecule has 1 amide bonds. The molecule has 2 aromatic rings. The SMILES string of the molecule is CC(C)c1ccc(OC(C)c2nnc(SCC(=O)NC3=NCCS3)n2C(C)C)cc1. The van der Waals surface area contributed by atoms with Gasteiger partial charge in [-0.05, 0) is 44.4 Å². The van der Waals surface area contributed by atoms with Gasteiger partial charge in [0.05, 0.1) is 12.3 Å². The number of aliphatic imine (C=N–C) groups is 1. The van der Waals surface area contributed by atoms with Crippen LogP contribution in [-0.2, 0) is 4.79 Å². The summed E-state index contributed by atoms with van der Waals surface area (Å²) < 4.78 is 8.16. The van der Waals surface area contributed by atoms with Crippen molar-refractivity contribution in [2.75, 3.05) is 18.1 Å². The van der Waals surface area contributed by atoms with E-state index in [-0.39, 0.29) is 23.8 Å². The normalized spacial score (nSPS) is 14.8. The van der Waals surface area contributed by atoms with Crippen LogP contribution >= 0.6 is 23.5 Å². The van der Waals surface area contributed by atoms with Gasteiger partial charge in [0.15, 0.2) is 22.3 Å². The van der Waals surface area contributed by atoms with Gasteiger partial charge in [0.2, 0.25) is 5.91 Å². The lowest BCUT2D eigenvalue weighted by Gasteiger charge is -2.19. The predicted molar refractivity (Wildman–Crippen MR) is 124 cm³/mol. The largest absolute Gasteiger partial charge is 0.483 e. The molecular weight excluding hydrogens is 418 g/mol. The van der Waals surface area contributed by atoms with E-state index < -0.39 is 0 Å². The van der Waals surface area contributed by atoms with Crippen molar-refractivity contribution in [1.82, 2.24) is 20.1 Å². The Balaban J connectivity index is 1.66. The van der Waals surface area contributed by atoms with Crippen LogP contribution in [0.25, 0.3) is 0 Å². The van der Waals surface area contributed by atoms with Gasteiger partial charge >= 0.3 is 0 Å². The van der Waals surface area contributed by atoms with Crippen LogP contribution < -0.4 is 10.1 Å². The fourth-order valence-electron chi connectivity index (χ4n) is 3.03. The second kappa shape index (κ2) is 10.3. The first kappa shape index (κ1) is 22.7. The molecule has 1 aromatic carbocycles. The molecular formula is C21H29N5O2S2. The van der Waals surface area contributed by atoms with Crippen LogP contribution in [0, 0.1) is 0 Å². The van der Waals surface area contributed by atoms with E-state index in [4.69, 9.17) is 4.74 Å². The molecule has 0 radical (unpaired) electrons. The van der Waals surface area contributed by atoms with Crippen molar-refractivity contribution in [3.63, 3.8) is 0 Å². The molecule has 2 heterocycles. The zero-order chi connectivity index (χ0) is 21.7. The summed E-state index contributed by atoms with van der Waals surface area (Å²) >= 11 is 2.94. The number of rotatable bonds is 8. The van der Waals surface area contributed by atoms with Gasteiger partial charge in [-0.1, -0.05) is 49.5 Å². The summed E-state index contributed by atoms with van der Waals surface area (Å²) in [6.45, 7) is 11.2. The molecule has 3 rings (SSSR count). The Hall–Kier alpha value is -2.00. The van der Waals surface area contributed by atoms with Gasteiger partial charge < -0.3 is 14.6 Å². The Morgan fingerprint density at radius 2 is 1.93 bits per heavy atom. The molecule has 0 spiro atoms. The van der Waals surface area contributed by atoms with Crippen molar-refractivity contribution in [3.05, 3.63) is 35.7 Å². The lowest BCUT2D eigenvalue weighted by atomic mass is 10.0. The summed E-state index contributed by atoms with van der Waals surface area (Å²) in [7, 11) is 0. The first-order chi connectivity index (χ1) is 14.3. The minimum absolute atomic E-state index is 0.0810. The van der Waals surface area contributed by atoms with E-state index in [1.54, 1.807) is 11.8 Å². The minimum Gasteiger partial charge on any atom is -0.483 e. The Bertz CT molecular complexity index is 893. The summed E-state index contributed by atoms with van der Waals surface area (Å²) in [6, 6.07) is 8.31. The van der Waals surface area contributed by atoms with Crippen molar-refractivity contribution >= 4 is 34.6 Å². The number of benzene rings is 1. The van der Waals surface area contributed by atoms with Crippen molar-refractivity contribution in [2.45, 2.75) is 57.8 Å². The zero-order valence-corrected chi connectivity index (χ0v) is 19.7. The molecule has 1 N–H and O–H groups in total. The highest BCUT2D eigenvalue weighted by molar-refractivity contribution is 8.14.